The number of hydrogen-bond donors (Lipinski definition) is 2. The zero-order valence-electron chi connectivity index (χ0n) is 15.2. The molecule has 0 spiro atoms. The predicted octanol–water partition coefficient (Wildman–Crippen LogP) is 3.81. The first-order valence-corrected chi connectivity index (χ1v) is 10.1. The minimum atomic E-state index is -1.34. The predicted molar refractivity (Wildman–Crippen MR) is 106 cm³/mol. The number of carbonyl (C=O) groups is 1. The van der Waals surface area contributed by atoms with Gasteiger partial charge in [-0.25, -0.2) is 14.2 Å². The molecule has 29 heavy (non-hydrogen) atoms. The number of rotatable bonds is 3. The molecule has 148 valence electrons. The molecule has 0 saturated heterocycles. The molecule has 9 heteroatoms. The maximum atomic E-state index is 15.0. The van der Waals surface area contributed by atoms with Gasteiger partial charge in [-0.1, -0.05) is 5.16 Å². The summed E-state index contributed by atoms with van der Waals surface area (Å²) in [6.45, 7) is 0. The molecule has 0 amide bonds. The third-order valence-corrected chi connectivity index (χ3v) is 6.62. The van der Waals surface area contributed by atoms with E-state index in [4.69, 9.17) is 0 Å². The summed E-state index contributed by atoms with van der Waals surface area (Å²) in [4.78, 5) is 30.1. The Morgan fingerprint density at radius 1 is 1.31 bits per heavy atom. The Balaban J connectivity index is 1.75. The fraction of sp³-hybridized carbons (Fsp3) is 0.300. The van der Waals surface area contributed by atoms with E-state index in [1.165, 1.54) is 17.5 Å². The smallest absolute Gasteiger partial charge is 0.341 e. The van der Waals surface area contributed by atoms with Gasteiger partial charge in [0, 0.05) is 22.7 Å². The number of nitrogens with zero attached hydrogens (tertiary/aromatic N) is 3. The van der Waals surface area contributed by atoms with E-state index >= 15 is 0 Å². The highest BCUT2D eigenvalue weighted by Crippen LogP contribution is 2.39. The number of aryl methyl sites for hydroxylation is 1. The molecule has 3 heterocycles. The Morgan fingerprint density at radius 2 is 2.10 bits per heavy atom. The summed E-state index contributed by atoms with van der Waals surface area (Å²) in [5.41, 5.74) is 0.681. The molecule has 3 aromatic rings. The number of aromatic nitrogens is 2. The molecule has 7 nitrogen and oxygen atoms in total. The number of pyridine rings is 2. The van der Waals surface area contributed by atoms with Crippen LogP contribution >= 0.6 is 11.3 Å². The van der Waals surface area contributed by atoms with Crippen LogP contribution in [0.25, 0.3) is 21.6 Å². The summed E-state index contributed by atoms with van der Waals surface area (Å²) in [5.74, 6) is -2.02. The van der Waals surface area contributed by atoms with Gasteiger partial charge in [0.2, 0.25) is 5.43 Å². The van der Waals surface area contributed by atoms with E-state index in [0.717, 1.165) is 42.2 Å². The lowest BCUT2D eigenvalue weighted by Gasteiger charge is -2.12. The first-order valence-electron chi connectivity index (χ1n) is 9.31. The normalized spacial score (nSPS) is 17.6. The second kappa shape index (κ2) is 6.48. The molecular formula is C20H16FN3O4S. The Kier molecular flexibility index (Phi) is 4.02. The van der Waals surface area contributed by atoms with Crippen molar-refractivity contribution >= 4 is 34.1 Å². The van der Waals surface area contributed by atoms with Crippen molar-refractivity contribution in [3.63, 3.8) is 0 Å². The first-order chi connectivity index (χ1) is 14.0. The summed E-state index contributed by atoms with van der Waals surface area (Å²) >= 11 is 1.40. The summed E-state index contributed by atoms with van der Waals surface area (Å²) in [7, 11) is 0. The second-order valence-corrected chi connectivity index (χ2v) is 8.49. The molecule has 3 aromatic heterocycles. The second-order valence-electron chi connectivity index (χ2n) is 7.35. The van der Waals surface area contributed by atoms with E-state index < -0.39 is 17.2 Å². The molecule has 0 unspecified atom stereocenters. The first kappa shape index (κ1) is 18.0. The maximum absolute atomic E-state index is 15.0. The minimum absolute atomic E-state index is 0.0306. The fourth-order valence-corrected chi connectivity index (χ4v) is 5.05. The molecular weight excluding hydrogens is 397 g/mol. The van der Waals surface area contributed by atoms with Crippen LogP contribution in [-0.4, -0.2) is 31.5 Å². The molecule has 0 radical (unpaired) electrons. The van der Waals surface area contributed by atoms with Gasteiger partial charge in [-0.15, -0.1) is 11.3 Å². The standard InChI is InChI=1S/C20H16FN3O4S/c21-13-6-11-18(25)12(20(26)27)8-24(9-4-5-9)19(11)22-17(13)16-7-10-14(23-28)2-1-3-15(10)29-16/h6-9,28H,1-5H2,(H,26,27)/b23-14+. The summed E-state index contributed by atoms with van der Waals surface area (Å²) in [5, 5.41) is 21.9. The van der Waals surface area contributed by atoms with Crippen molar-refractivity contribution in [3.8, 4) is 10.6 Å². The fourth-order valence-electron chi connectivity index (χ4n) is 3.83. The molecule has 1 saturated carbocycles. The van der Waals surface area contributed by atoms with Gasteiger partial charge in [-0.05, 0) is 44.2 Å². The summed E-state index contributed by atoms with van der Waals surface area (Å²) in [6.07, 6.45) is 5.37. The monoisotopic (exact) mass is 413 g/mol. The molecule has 2 aliphatic rings. The van der Waals surface area contributed by atoms with Gasteiger partial charge in [0.25, 0.3) is 0 Å². The van der Waals surface area contributed by atoms with Crippen molar-refractivity contribution < 1.29 is 19.5 Å². The zero-order chi connectivity index (χ0) is 20.3. The molecule has 0 aromatic carbocycles. The maximum Gasteiger partial charge on any atom is 0.341 e. The number of thiophene rings is 1. The van der Waals surface area contributed by atoms with Crippen LogP contribution in [0.3, 0.4) is 0 Å². The highest BCUT2D eigenvalue weighted by atomic mass is 32.1. The van der Waals surface area contributed by atoms with Gasteiger partial charge >= 0.3 is 5.97 Å². The van der Waals surface area contributed by atoms with Crippen LogP contribution < -0.4 is 5.43 Å². The Labute approximate surface area is 167 Å². The average molecular weight is 413 g/mol. The lowest BCUT2D eigenvalue weighted by atomic mass is 9.97. The van der Waals surface area contributed by atoms with Gasteiger partial charge in [-0.3, -0.25) is 4.79 Å². The van der Waals surface area contributed by atoms with Crippen LogP contribution in [0.15, 0.2) is 28.3 Å². The third-order valence-electron chi connectivity index (χ3n) is 5.42. The van der Waals surface area contributed by atoms with Crippen LogP contribution in [0.4, 0.5) is 4.39 Å². The lowest BCUT2D eigenvalue weighted by Crippen LogP contribution is -2.19. The van der Waals surface area contributed by atoms with Crippen molar-refractivity contribution in [1.82, 2.24) is 9.55 Å². The van der Waals surface area contributed by atoms with E-state index in [0.29, 0.717) is 22.7 Å². The van der Waals surface area contributed by atoms with Crippen molar-refractivity contribution in [2.75, 3.05) is 0 Å². The van der Waals surface area contributed by atoms with Crippen LogP contribution in [0.2, 0.25) is 0 Å². The highest BCUT2D eigenvalue weighted by molar-refractivity contribution is 7.15. The Morgan fingerprint density at radius 3 is 2.79 bits per heavy atom. The summed E-state index contributed by atoms with van der Waals surface area (Å²) in [6, 6.07) is 2.92. The van der Waals surface area contributed by atoms with Crippen molar-refractivity contribution in [1.29, 1.82) is 0 Å². The highest BCUT2D eigenvalue weighted by Gasteiger charge is 2.29. The minimum Gasteiger partial charge on any atom is -0.477 e. The van der Waals surface area contributed by atoms with Gasteiger partial charge in [0.15, 0.2) is 5.82 Å². The number of carboxylic acids is 1. The molecule has 0 aliphatic heterocycles. The molecule has 2 aliphatic carbocycles. The lowest BCUT2D eigenvalue weighted by molar-refractivity contribution is 0.0695. The SMILES string of the molecule is O=C(O)c1cn(C2CC2)c2nc(-c3cc4c(s3)CCC/C4=N\O)c(F)cc2c1=O. The van der Waals surface area contributed by atoms with Crippen molar-refractivity contribution in [2.45, 2.75) is 38.1 Å². The molecule has 0 atom stereocenters. The summed E-state index contributed by atoms with van der Waals surface area (Å²) < 4.78 is 16.7. The largest absolute Gasteiger partial charge is 0.477 e. The van der Waals surface area contributed by atoms with E-state index in [9.17, 15) is 24.3 Å². The Bertz CT molecular complexity index is 1270. The molecule has 2 N–H and O–H groups in total. The van der Waals surface area contributed by atoms with Crippen molar-refractivity contribution in [3.05, 3.63) is 50.4 Å². The molecule has 0 bridgehead atoms. The van der Waals surface area contributed by atoms with Crippen LogP contribution in [0, 0.1) is 5.82 Å². The van der Waals surface area contributed by atoms with Gasteiger partial charge in [0.1, 0.15) is 16.9 Å². The number of aromatic carboxylic acids is 1. The quantitative estimate of drug-likeness (QED) is 0.502. The average Bonchev–Trinajstić information content (AvgIpc) is 3.45. The number of hydrogen-bond acceptors (Lipinski definition) is 6. The number of fused-ring (bicyclic) bond motifs is 2. The van der Waals surface area contributed by atoms with E-state index in [1.54, 1.807) is 10.6 Å². The van der Waals surface area contributed by atoms with Gasteiger partial charge in [-0.2, -0.15) is 0 Å². The van der Waals surface area contributed by atoms with Crippen LogP contribution in [0.5, 0.6) is 0 Å². The van der Waals surface area contributed by atoms with E-state index in [1.807, 2.05) is 0 Å². The Hall–Kier alpha value is -3.07. The number of oxime groups is 1. The van der Waals surface area contributed by atoms with Crippen LogP contribution in [-0.2, 0) is 6.42 Å². The van der Waals surface area contributed by atoms with E-state index in [-0.39, 0.29) is 22.7 Å². The molecule has 5 rings (SSSR count). The van der Waals surface area contributed by atoms with Crippen LogP contribution in [0.1, 0.15) is 52.5 Å². The molecule has 1 fully saturated rings. The number of carboxylic acid groups (broad SMARTS) is 1. The van der Waals surface area contributed by atoms with Gasteiger partial charge in [0.05, 0.1) is 16.0 Å². The number of halogens is 1. The topological polar surface area (TPSA) is 105 Å². The third kappa shape index (κ3) is 2.84. The van der Waals surface area contributed by atoms with E-state index in [2.05, 4.69) is 10.1 Å². The van der Waals surface area contributed by atoms with Crippen molar-refractivity contribution in [2.24, 2.45) is 5.16 Å². The zero-order valence-corrected chi connectivity index (χ0v) is 16.0. The van der Waals surface area contributed by atoms with Gasteiger partial charge < -0.3 is 14.9 Å².